The fourth-order valence-electron chi connectivity index (χ4n) is 1.85. The molecule has 2 N–H and O–H groups in total. The second-order valence-corrected chi connectivity index (χ2v) is 5.86. The van der Waals surface area contributed by atoms with Gasteiger partial charge in [0.05, 0.1) is 6.10 Å². The van der Waals surface area contributed by atoms with Gasteiger partial charge in [0.2, 0.25) is 0 Å². The first-order chi connectivity index (χ1) is 12.6. The molecule has 0 aromatic carbocycles. The number of halogens is 13. The molecule has 3 nitrogen and oxygen atoms in total. The lowest BCUT2D eigenvalue weighted by Crippen LogP contribution is -2.72. The van der Waals surface area contributed by atoms with Gasteiger partial charge in [0.25, 0.3) is 5.91 Å². The lowest BCUT2D eigenvalue weighted by molar-refractivity contribution is -0.436. The summed E-state index contributed by atoms with van der Waals surface area (Å²) in [6.07, 6.45) is -8.95. The minimum absolute atomic E-state index is 0.0409. The number of carbonyl (C=O) groups is 1. The average Bonchev–Trinajstić information content (AvgIpc) is 2.52. The molecule has 0 aromatic heterocycles. The van der Waals surface area contributed by atoms with E-state index in [0.29, 0.717) is 6.42 Å². The Morgan fingerprint density at radius 1 is 0.759 bits per heavy atom. The summed E-state index contributed by atoms with van der Waals surface area (Å²) in [7, 11) is 0. The quantitative estimate of drug-likeness (QED) is 0.473. The predicted molar refractivity (Wildman–Crippen MR) is 69.3 cm³/mol. The molecule has 174 valence electrons. The Morgan fingerprint density at radius 3 is 1.55 bits per heavy atom. The zero-order valence-electron chi connectivity index (χ0n) is 14.2. The van der Waals surface area contributed by atoms with Gasteiger partial charge in [0.1, 0.15) is 0 Å². The van der Waals surface area contributed by atoms with Crippen LogP contribution >= 0.6 is 0 Å². The topological polar surface area (TPSA) is 49.3 Å². The Morgan fingerprint density at radius 2 is 1.17 bits per heavy atom. The molecule has 0 rings (SSSR count). The Balaban J connectivity index is 5.78. The van der Waals surface area contributed by atoms with Gasteiger partial charge in [0, 0.05) is 6.54 Å². The lowest BCUT2D eigenvalue weighted by Gasteiger charge is -2.39. The smallest absolute Gasteiger partial charge is 0.393 e. The van der Waals surface area contributed by atoms with E-state index in [4.69, 9.17) is 0 Å². The van der Waals surface area contributed by atoms with Gasteiger partial charge in [-0.3, -0.25) is 4.79 Å². The van der Waals surface area contributed by atoms with Crippen LogP contribution in [0.15, 0.2) is 0 Å². The van der Waals surface area contributed by atoms with Gasteiger partial charge < -0.3 is 10.4 Å². The third kappa shape index (κ3) is 4.66. The summed E-state index contributed by atoms with van der Waals surface area (Å²) >= 11 is 0. The van der Waals surface area contributed by atoms with Gasteiger partial charge in [-0.2, -0.15) is 57.1 Å². The first-order valence-corrected chi connectivity index (χ1v) is 7.55. The van der Waals surface area contributed by atoms with Crippen LogP contribution in [0.2, 0.25) is 0 Å². The standard InChI is InChI=1S/C13H14F13NO2/c1-2-3-6(28)4-5-27-7(29)8(14,15)9(16,17)10(18,19)11(20,21)12(22,23)13(24,25)26/h6,28H,2-5H2,1H3,(H,27,29). The molecular formula is C13H14F13NO2. The van der Waals surface area contributed by atoms with Crippen LogP contribution in [0.4, 0.5) is 57.1 Å². The first-order valence-electron chi connectivity index (χ1n) is 7.55. The van der Waals surface area contributed by atoms with E-state index in [-0.39, 0.29) is 6.42 Å². The largest absolute Gasteiger partial charge is 0.460 e. The number of aliphatic hydroxyl groups is 1. The fourth-order valence-corrected chi connectivity index (χ4v) is 1.85. The van der Waals surface area contributed by atoms with Crippen molar-refractivity contribution in [2.45, 2.75) is 68.1 Å². The number of nitrogens with one attached hydrogen (secondary N) is 1. The molecule has 0 saturated carbocycles. The summed E-state index contributed by atoms with van der Waals surface area (Å²) in [5.41, 5.74) is 0. The van der Waals surface area contributed by atoms with E-state index in [0.717, 1.165) is 5.32 Å². The van der Waals surface area contributed by atoms with Gasteiger partial charge >= 0.3 is 35.8 Å². The molecule has 0 bridgehead atoms. The summed E-state index contributed by atoms with van der Waals surface area (Å²) in [6.45, 7) is 0.502. The second kappa shape index (κ2) is 8.34. The average molecular weight is 463 g/mol. The van der Waals surface area contributed by atoms with Crippen LogP contribution in [0.25, 0.3) is 0 Å². The predicted octanol–water partition coefficient (Wildman–Crippen LogP) is 4.39. The van der Waals surface area contributed by atoms with Crippen LogP contribution in [0.1, 0.15) is 26.2 Å². The van der Waals surface area contributed by atoms with E-state index in [9.17, 15) is 67.0 Å². The highest BCUT2D eigenvalue weighted by Gasteiger charge is 2.91. The maximum absolute atomic E-state index is 13.4. The molecule has 0 spiro atoms. The van der Waals surface area contributed by atoms with Crippen LogP contribution in [0.3, 0.4) is 0 Å². The van der Waals surface area contributed by atoms with Gasteiger partial charge in [-0.05, 0) is 12.8 Å². The number of aliphatic hydroxyl groups excluding tert-OH is 1. The summed E-state index contributed by atoms with van der Waals surface area (Å²) in [5, 5.41) is 10.1. The van der Waals surface area contributed by atoms with Crippen LogP contribution in [-0.2, 0) is 4.79 Å². The molecule has 0 aliphatic heterocycles. The highest BCUT2D eigenvalue weighted by atomic mass is 19.4. The molecule has 29 heavy (non-hydrogen) atoms. The van der Waals surface area contributed by atoms with Crippen molar-refractivity contribution >= 4 is 5.91 Å². The molecule has 1 atom stereocenters. The van der Waals surface area contributed by atoms with Gasteiger partial charge in [-0.15, -0.1) is 0 Å². The summed E-state index contributed by atoms with van der Waals surface area (Å²) in [6, 6.07) is 0. The van der Waals surface area contributed by atoms with Crippen molar-refractivity contribution in [3.05, 3.63) is 0 Å². The normalized spacial score (nSPS) is 16.0. The van der Waals surface area contributed by atoms with Gasteiger partial charge in [-0.25, -0.2) is 0 Å². The molecule has 0 aromatic rings. The lowest BCUT2D eigenvalue weighted by atomic mass is 9.93. The summed E-state index contributed by atoms with van der Waals surface area (Å²) < 4.78 is 167. The number of hydrogen-bond donors (Lipinski definition) is 2. The van der Waals surface area contributed by atoms with Crippen LogP contribution < -0.4 is 5.32 Å². The molecule has 0 heterocycles. The Kier molecular flexibility index (Phi) is 7.91. The van der Waals surface area contributed by atoms with Crippen LogP contribution in [0.5, 0.6) is 0 Å². The van der Waals surface area contributed by atoms with Crippen LogP contribution in [0, 0.1) is 0 Å². The monoisotopic (exact) mass is 463 g/mol. The van der Waals surface area contributed by atoms with E-state index >= 15 is 0 Å². The molecule has 0 saturated heterocycles. The van der Waals surface area contributed by atoms with Gasteiger partial charge in [-0.1, -0.05) is 13.3 Å². The Hall–Kier alpha value is -1.48. The molecule has 0 aliphatic rings. The van der Waals surface area contributed by atoms with E-state index in [1.165, 1.54) is 0 Å². The fraction of sp³-hybridized carbons (Fsp3) is 0.923. The maximum Gasteiger partial charge on any atom is 0.460 e. The SMILES string of the molecule is CCCC(O)CCNC(=O)C(F)(F)C(F)(F)C(F)(F)C(F)(F)C(F)(F)C(F)(F)F. The number of hydrogen-bond acceptors (Lipinski definition) is 2. The van der Waals surface area contributed by atoms with E-state index < -0.39 is 60.8 Å². The molecule has 1 amide bonds. The van der Waals surface area contributed by atoms with Gasteiger partial charge in [0.15, 0.2) is 0 Å². The molecule has 1 unspecified atom stereocenters. The maximum atomic E-state index is 13.4. The van der Waals surface area contributed by atoms with Crippen molar-refractivity contribution in [3.8, 4) is 0 Å². The van der Waals surface area contributed by atoms with Crippen LogP contribution in [-0.4, -0.2) is 59.5 Å². The Labute approximate surface area is 154 Å². The number of rotatable bonds is 10. The molecule has 16 heteroatoms. The number of carbonyl (C=O) groups excluding carboxylic acids is 1. The second-order valence-electron chi connectivity index (χ2n) is 5.86. The number of alkyl halides is 13. The van der Waals surface area contributed by atoms with Crippen molar-refractivity contribution in [1.29, 1.82) is 0 Å². The third-order valence-corrected chi connectivity index (χ3v) is 3.60. The molecule has 0 radical (unpaired) electrons. The molecule has 0 fully saturated rings. The summed E-state index contributed by atoms with van der Waals surface area (Å²) in [5.74, 6) is -41.7. The molecule has 0 aliphatic carbocycles. The zero-order valence-corrected chi connectivity index (χ0v) is 14.2. The van der Waals surface area contributed by atoms with Crippen molar-refractivity contribution in [3.63, 3.8) is 0 Å². The highest BCUT2D eigenvalue weighted by molar-refractivity contribution is 5.84. The van der Waals surface area contributed by atoms with Crippen molar-refractivity contribution in [1.82, 2.24) is 5.32 Å². The van der Waals surface area contributed by atoms with Crippen molar-refractivity contribution < 1.29 is 67.0 Å². The minimum atomic E-state index is -8.05. The third-order valence-electron chi connectivity index (χ3n) is 3.60. The van der Waals surface area contributed by atoms with E-state index in [1.54, 1.807) is 6.92 Å². The minimum Gasteiger partial charge on any atom is -0.393 e. The zero-order chi connectivity index (χ0) is 23.7. The Bertz CT molecular complexity index is 574. The van der Waals surface area contributed by atoms with Crippen molar-refractivity contribution in [2.75, 3.05) is 6.54 Å². The molecular weight excluding hydrogens is 449 g/mol. The highest BCUT2D eigenvalue weighted by Crippen LogP contribution is 2.60. The van der Waals surface area contributed by atoms with E-state index in [1.807, 2.05) is 0 Å². The van der Waals surface area contributed by atoms with Crippen molar-refractivity contribution in [2.24, 2.45) is 0 Å². The first kappa shape index (κ1) is 27.5. The number of amides is 1. The van der Waals surface area contributed by atoms with E-state index in [2.05, 4.69) is 0 Å². The summed E-state index contributed by atoms with van der Waals surface area (Å²) in [4.78, 5) is 11.1.